The molecule has 0 radical (unpaired) electrons. The van der Waals surface area contributed by atoms with Crippen molar-refractivity contribution in [2.24, 2.45) is 0 Å². The first-order chi connectivity index (χ1) is 16.4. The van der Waals surface area contributed by atoms with Crippen molar-refractivity contribution in [1.82, 2.24) is 9.80 Å². The van der Waals surface area contributed by atoms with Crippen molar-refractivity contribution in [3.8, 4) is 5.75 Å². The smallest absolute Gasteiger partial charge is 0.120 e. The Hall–Kier alpha value is -3.40. The van der Waals surface area contributed by atoms with Crippen LogP contribution in [0.5, 0.6) is 5.75 Å². The van der Waals surface area contributed by atoms with Gasteiger partial charge in [-0.15, -0.1) is 6.58 Å². The van der Waals surface area contributed by atoms with Crippen LogP contribution in [0.15, 0.2) is 85.7 Å². The molecule has 1 unspecified atom stereocenters. The number of hydrogen-bond acceptors (Lipinski definition) is 4. The Morgan fingerprint density at radius 2 is 2.00 bits per heavy atom. The highest BCUT2D eigenvalue weighted by Crippen LogP contribution is 2.39. The molecule has 0 amide bonds. The molecule has 1 N–H and O–H groups in total. The van der Waals surface area contributed by atoms with Crippen LogP contribution in [-0.2, 0) is 13.1 Å². The van der Waals surface area contributed by atoms with Crippen molar-refractivity contribution in [3.05, 3.63) is 102 Å². The van der Waals surface area contributed by atoms with Crippen molar-refractivity contribution in [2.45, 2.75) is 52.2 Å². The normalized spacial score (nSPS) is 14.5. The van der Waals surface area contributed by atoms with Crippen LogP contribution in [0.2, 0.25) is 0 Å². The highest BCUT2D eigenvalue weighted by molar-refractivity contribution is 5.72. The second-order valence-corrected chi connectivity index (χ2v) is 8.96. The van der Waals surface area contributed by atoms with Crippen LogP contribution in [0, 0.1) is 0 Å². The molecule has 1 heterocycles. The van der Waals surface area contributed by atoms with E-state index in [4.69, 9.17) is 4.74 Å². The summed E-state index contributed by atoms with van der Waals surface area (Å²) in [5.74, 6) is 1.66. The average molecular weight is 458 g/mol. The first-order valence-corrected chi connectivity index (χ1v) is 12.0. The Labute approximate surface area is 205 Å². The molecule has 0 aromatic heterocycles. The molecule has 1 aliphatic heterocycles. The lowest BCUT2D eigenvalue weighted by Gasteiger charge is -2.31. The van der Waals surface area contributed by atoms with Gasteiger partial charge in [0.2, 0.25) is 0 Å². The summed E-state index contributed by atoms with van der Waals surface area (Å²) in [7, 11) is 3.75. The Kier molecular flexibility index (Phi) is 8.64. The lowest BCUT2D eigenvalue weighted by Crippen LogP contribution is -2.31. The maximum Gasteiger partial charge on any atom is 0.120 e. The fraction of sp³-hybridized carbons (Fsp3) is 0.333. The van der Waals surface area contributed by atoms with Gasteiger partial charge in [0.1, 0.15) is 5.75 Å². The summed E-state index contributed by atoms with van der Waals surface area (Å²) >= 11 is 0. The average Bonchev–Trinajstić information content (AvgIpc) is 3.18. The summed E-state index contributed by atoms with van der Waals surface area (Å²) in [6.45, 7) is 18.5. The molecule has 0 spiro atoms. The zero-order chi connectivity index (χ0) is 24.7. The first-order valence-electron chi connectivity index (χ1n) is 12.0. The second-order valence-electron chi connectivity index (χ2n) is 8.96. The third kappa shape index (κ3) is 5.74. The van der Waals surface area contributed by atoms with Gasteiger partial charge in [-0.05, 0) is 49.4 Å². The molecule has 1 aliphatic rings. The monoisotopic (exact) mass is 457 g/mol. The molecule has 0 aliphatic carbocycles. The SMILES string of the molecule is C=CCCC(C(=C)C)N1Cc2c(CN(C)C(=C)Nc3cccc(OC)c3)cccc2C1=CCC. The van der Waals surface area contributed by atoms with E-state index in [0.29, 0.717) is 6.04 Å². The maximum absolute atomic E-state index is 5.34. The van der Waals surface area contributed by atoms with Crippen molar-refractivity contribution in [1.29, 1.82) is 0 Å². The van der Waals surface area contributed by atoms with E-state index in [0.717, 1.165) is 49.6 Å². The van der Waals surface area contributed by atoms with E-state index >= 15 is 0 Å². The lowest BCUT2D eigenvalue weighted by atomic mass is 10.0. The molecule has 2 aromatic carbocycles. The molecule has 180 valence electrons. The van der Waals surface area contributed by atoms with Gasteiger partial charge in [0.05, 0.1) is 19.0 Å². The molecule has 3 rings (SSSR count). The van der Waals surface area contributed by atoms with Crippen molar-refractivity contribution in [2.75, 3.05) is 19.5 Å². The van der Waals surface area contributed by atoms with Gasteiger partial charge in [-0.2, -0.15) is 0 Å². The predicted molar refractivity (Wildman–Crippen MR) is 146 cm³/mol. The molecule has 0 saturated carbocycles. The van der Waals surface area contributed by atoms with E-state index < -0.39 is 0 Å². The van der Waals surface area contributed by atoms with Crippen LogP contribution in [0.4, 0.5) is 5.69 Å². The molecule has 0 bridgehead atoms. The zero-order valence-electron chi connectivity index (χ0n) is 21.2. The van der Waals surface area contributed by atoms with E-state index in [1.807, 2.05) is 30.3 Å². The molecule has 1 atom stereocenters. The number of methoxy groups -OCH3 is 1. The fourth-order valence-corrected chi connectivity index (χ4v) is 4.58. The summed E-state index contributed by atoms with van der Waals surface area (Å²) in [6.07, 6.45) is 7.37. The Bertz CT molecular complexity index is 1070. The van der Waals surface area contributed by atoms with E-state index in [9.17, 15) is 0 Å². The minimum atomic E-state index is 0.304. The van der Waals surface area contributed by atoms with Crippen LogP contribution < -0.4 is 10.1 Å². The van der Waals surface area contributed by atoms with Gasteiger partial charge in [-0.3, -0.25) is 0 Å². The van der Waals surface area contributed by atoms with Gasteiger partial charge in [0, 0.05) is 43.2 Å². The number of anilines is 1. The predicted octanol–water partition coefficient (Wildman–Crippen LogP) is 7.19. The van der Waals surface area contributed by atoms with E-state index in [1.54, 1.807) is 7.11 Å². The molecular weight excluding hydrogens is 418 g/mol. The quantitative estimate of drug-likeness (QED) is 0.341. The zero-order valence-corrected chi connectivity index (χ0v) is 21.2. The number of hydrogen-bond donors (Lipinski definition) is 1. The minimum absolute atomic E-state index is 0.304. The van der Waals surface area contributed by atoms with E-state index in [-0.39, 0.29) is 0 Å². The number of benzene rings is 2. The van der Waals surface area contributed by atoms with Crippen LogP contribution in [0.25, 0.3) is 5.70 Å². The van der Waals surface area contributed by atoms with E-state index in [2.05, 4.69) is 80.0 Å². The van der Waals surface area contributed by atoms with Crippen LogP contribution in [-0.4, -0.2) is 30.0 Å². The van der Waals surface area contributed by atoms with Crippen molar-refractivity contribution in [3.63, 3.8) is 0 Å². The Balaban J connectivity index is 1.82. The lowest BCUT2D eigenvalue weighted by molar-refractivity contribution is 0.318. The van der Waals surface area contributed by atoms with Crippen molar-refractivity contribution >= 4 is 11.4 Å². The van der Waals surface area contributed by atoms with Crippen molar-refractivity contribution < 1.29 is 4.74 Å². The number of nitrogens with one attached hydrogen (secondary N) is 1. The Morgan fingerprint density at radius 1 is 1.24 bits per heavy atom. The molecular formula is C30H39N3O. The number of rotatable bonds is 12. The molecule has 4 nitrogen and oxygen atoms in total. The van der Waals surface area contributed by atoms with Gasteiger partial charge in [0.25, 0.3) is 0 Å². The van der Waals surface area contributed by atoms with Gasteiger partial charge >= 0.3 is 0 Å². The molecule has 4 heteroatoms. The summed E-state index contributed by atoms with van der Waals surface area (Å²) < 4.78 is 5.34. The highest BCUT2D eigenvalue weighted by Gasteiger charge is 2.31. The third-order valence-corrected chi connectivity index (χ3v) is 6.40. The second kappa shape index (κ2) is 11.6. The summed E-state index contributed by atoms with van der Waals surface area (Å²) in [4.78, 5) is 4.70. The topological polar surface area (TPSA) is 27.7 Å². The summed E-state index contributed by atoms with van der Waals surface area (Å²) in [5.41, 5.74) is 7.54. The molecule has 2 aromatic rings. The number of fused-ring (bicyclic) bond motifs is 1. The van der Waals surface area contributed by atoms with Gasteiger partial charge in [0.15, 0.2) is 0 Å². The summed E-state index contributed by atoms with van der Waals surface area (Å²) in [5, 5.41) is 3.41. The number of allylic oxidation sites excluding steroid dienone is 2. The molecule has 34 heavy (non-hydrogen) atoms. The fourth-order valence-electron chi connectivity index (χ4n) is 4.58. The van der Waals surface area contributed by atoms with Gasteiger partial charge < -0.3 is 19.9 Å². The van der Waals surface area contributed by atoms with E-state index in [1.165, 1.54) is 28.0 Å². The van der Waals surface area contributed by atoms with Crippen LogP contribution in [0.3, 0.4) is 0 Å². The minimum Gasteiger partial charge on any atom is -0.497 e. The molecule has 0 saturated heterocycles. The third-order valence-electron chi connectivity index (χ3n) is 6.40. The largest absolute Gasteiger partial charge is 0.497 e. The van der Waals surface area contributed by atoms with Crippen LogP contribution in [0.1, 0.15) is 49.8 Å². The number of ether oxygens (including phenoxy) is 1. The molecule has 0 fully saturated rings. The number of nitrogens with zero attached hydrogens (tertiary/aromatic N) is 2. The maximum atomic E-state index is 5.34. The van der Waals surface area contributed by atoms with Gasteiger partial charge in [-0.25, -0.2) is 0 Å². The van der Waals surface area contributed by atoms with Crippen LogP contribution >= 0.6 is 0 Å². The standard InChI is InChI=1S/C30H39N3O/c1-8-10-18-29(22(3)4)33-21-28-24(14-11-17-27(28)30(33)13-9-2)20-32(6)23(5)31-25-15-12-16-26(19-25)34-7/h8,11-17,19,29,31H,1,3,5,9-10,18,20-21H2,2,4,6-7H3. The summed E-state index contributed by atoms with van der Waals surface area (Å²) in [6, 6.07) is 14.9. The highest BCUT2D eigenvalue weighted by atomic mass is 16.5. The van der Waals surface area contributed by atoms with Gasteiger partial charge in [-0.1, -0.05) is 62.1 Å². The Morgan fingerprint density at radius 3 is 2.68 bits per heavy atom. The first kappa shape index (κ1) is 25.2.